The number of carbonyl (C=O) groups excluding carboxylic acids is 2. The number of nitrogens with zero attached hydrogens (tertiary/aromatic N) is 2. The van der Waals surface area contributed by atoms with Gasteiger partial charge < -0.3 is 14.8 Å². The molecule has 1 heterocycles. The molecule has 3 rings (SSSR count). The summed E-state index contributed by atoms with van der Waals surface area (Å²) < 4.78 is 76.2. The Morgan fingerprint density at radius 1 is 1.21 bits per heavy atom. The first kappa shape index (κ1) is 30.1. The Morgan fingerprint density at radius 3 is 2.41 bits per heavy atom. The van der Waals surface area contributed by atoms with Gasteiger partial charge in [0.05, 0.1) is 33.4 Å². The average Bonchev–Trinajstić information content (AvgIpc) is 2.87. The number of carbonyl (C=O) groups is 2. The summed E-state index contributed by atoms with van der Waals surface area (Å²) in [6.07, 6.45) is -4.79. The van der Waals surface area contributed by atoms with E-state index in [0.29, 0.717) is 11.6 Å². The summed E-state index contributed by atoms with van der Waals surface area (Å²) in [5.74, 6) is -2.27. The quantitative estimate of drug-likeness (QED) is 0.273. The van der Waals surface area contributed by atoms with Gasteiger partial charge in [-0.1, -0.05) is 11.6 Å². The van der Waals surface area contributed by atoms with E-state index in [1.807, 2.05) is 0 Å². The van der Waals surface area contributed by atoms with Crippen molar-refractivity contribution in [3.8, 4) is 5.75 Å². The summed E-state index contributed by atoms with van der Waals surface area (Å²) >= 11 is 5.57. The lowest BCUT2D eigenvalue weighted by Crippen LogP contribution is -2.41. The topological polar surface area (TPSA) is 145 Å². The molecule has 0 bridgehead atoms. The number of benzene rings is 2. The fourth-order valence-corrected chi connectivity index (χ4v) is 5.64. The number of piperidine rings is 1. The minimum absolute atomic E-state index is 0.0259. The van der Waals surface area contributed by atoms with Gasteiger partial charge in [-0.15, -0.1) is 0 Å². The van der Waals surface area contributed by atoms with E-state index >= 15 is 0 Å². The molecule has 1 amide bonds. The number of nitro groups is 1. The molecule has 11 nitrogen and oxygen atoms in total. The van der Waals surface area contributed by atoms with Crippen molar-refractivity contribution < 1.29 is 45.6 Å². The van der Waals surface area contributed by atoms with Crippen molar-refractivity contribution in [2.24, 2.45) is 5.92 Å². The summed E-state index contributed by atoms with van der Waals surface area (Å²) in [6.45, 7) is 0.561. The van der Waals surface area contributed by atoms with Crippen molar-refractivity contribution in [1.29, 1.82) is 0 Å². The van der Waals surface area contributed by atoms with E-state index in [4.69, 9.17) is 21.1 Å². The van der Waals surface area contributed by atoms with Gasteiger partial charge in [-0.25, -0.2) is 8.42 Å². The maximum absolute atomic E-state index is 13.1. The van der Waals surface area contributed by atoms with E-state index in [9.17, 15) is 41.3 Å². The molecule has 1 aliphatic rings. The molecule has 39 heavy (non-hydrogen) atoms. The van der Waals surface area contributed by atoms with Gasteiger partial charge in [-0.2, -0.15) is 17.5 Å². The van der Waals surface area contributed by atoms with Crippen molar-refractivity contribution in [2.75, 3.05) is 32.1 Å². The minimum atomic E-state index is -4.84. The molecule has 1 saturated heterocycles. The number of amides is 1. The highest BCUT2D eigenvalue weighted by atomic mass is 35.5. The van der Waals surface area contributed by atoms with Gasteiger partial charge in [0.25, 0.3) is 5.91 Å². The SMILES string of the molecule is COc1cc(NC(=O)COC(=O)C2CCN(S(=O)(=O)c3ccc(Cl)c(C(F)(F)F)c3)CC2)c(C)cc1[N+](=O)[O-]. The van der Waals surface area contributed by atoms with Gasteiger partial charge in [-0.3, -0.25) is 19.7 Å². The molecule has 16 heteroatoms. The van der Waals surface area contributed by atoms with Crippen molar-refractivity contribution in [3.63, 3.8) is 0 Å². The van der Waals surface area contributed by atoms with E-state index in [2.05, 4.69) is 5.32 Å². The number of sulfonamides is 1. The van der Waals surface area contributed by atoms with Crippen molar-refractivity contribution in [2.45, 2.75) is 30.8 Å². The van der Waals surface area contributed by atoms with Crippen LogP contribution in [0.25, 0.3) is 0 Å². The number of hydrogen-bond acceptors (Lipinski definition) is 8. The van der Waals surface area contributed by atoms with E-state index < -0.39 is 61.0 Å². The Hall–Kier alpha value is -3.43. The highest BCUT2D eigenvalue weighted by molar-refractivity contribution is 7.89. The van der Waals surface area contributed by atoms with Gasteiger partial charge in [0.2, 0.25) is 10.0 Å². The van der Waals surface area contributed by atoms with Crippen molar-refractivity contribution in [3.05, 3.63) is 56.6 Å². The molecule has 1 fully saturated rings. The Balaban J connectivity index is 1.57. The van der Waals surface area contributed by atoms with Crippen LogP contribution in [0.15, 0.2) is 35.2 Å². The predicted octanol–water partition coefficient (Wildman–Crippen LogP) is 4.17. The number of methoxy groups -OCH3 is 1. The molecule has 1 N–H and O–H groups in total. The largest absolute Gasteiger partial charge is 0.490 e. The zero-order valence-electron chi connectivity index (χ0n) is 20.6. The Labute approximate surface area is 226 Å². The third-order valence-corrected chi connectivity index (χ3v) is 8.23. The number of nitro benzene ring substituents is 1. The summed E-state index contributed by atoms with van der Waals surface area (Å²) in [4.78, 5) is 34.6. The Bertz CT molecular complexity index is 1390. The molecule has 0 aliphatic carbocycles. The number of ether oxygens (including phenoxy) is 2. The number of esters is 1. The van der Waals surface area contributed by atoms with E-state index in [1.165, 1.54) is 26.2 Å². The lowest BCUT2D eigenvalue weighted by Gasteiger charge is -2.30. The Morgan fingerprint density at radius 2 is 1.85 bits per heavy atom. The molecule has 2 aromatic carbocycles. The number of nitrogens with one attached hydrogen (secondary N) is 1. The average molecular weight is 594 g/mol. The lowest BCUT2D eigenvalue weighted by molar-refractivity contribution is -0.385. The molecule has 0 unspecified atom stereocenters. The second-order valence-electron chi connectivity index (χ2n) is 8.57. The van der Waals surface area contributed by atoms with Crippen LogP contribution in [-0.4, -0.2) is 56.3 Å². The summed E-state index contributed by atoms with van der Waals surface area (Å²) in [5.41, 5.74) is -0.972. The van der Waals surface area contributed by atoms with Crippen molar-refractivity contribution >= 4 is 44.9 Å². The van der Waals surface area contributed by atoms with Crippen molar-refractivity contribution in [1.82, 2.24) is 4.31 Å². The van der Waals surface area contributed by atoms with E-state index in [-0.39, 0.29) is 43.1 Å². The van der Waals surface area contributed by atoms with Crippen LogP contribution in [0, 0.1) is 23.0 Å². The molecule has 1 aliphatic heterocycles. The van der Waals surface area contributed by atoms with Gasteiger partial charge >= 0.3 is 17.8 Å². The first-order valence-electron chi connectivity index (χ1n) is 11.3. The fourth-order valence-electron chi connectivity index (χ4n) is 3.92. The van der Waals surface area contributed by atoms with Crippen LogP contribution in [0.2, 0.25) is 5.02 Å². The predicted molar refractivity (Wildman–Crippen MR) is 132 cm³/mol. The second kappa shape index (κ2) is 11.8. The molecule has 0 aromatic heterocycles. The highest BCUT2D eigenvalue weighted by Gasteiger charge is 2.37. The van der Waals surface area contributed by atoms with Gasteiger partial charge in [0, 0.05) is 30.9 Å². The summed E-state index contributed by atoms with van der Waals surface area (Å²) in [7, 11) is -3.05. The second-order valence-corrected chi connectivity index (χ2v) is 10.9. The van der Waals surface area contributed by atoms with Gasteiger partial charge in [-0.05, 0) is 43.5 Å². The highest BCUT2D eigenvalue weighted by Crippen LogP contribution is 2.37. The lowest BCUT2D eigenvalue weighted by atomic mass is 9.98. The van der Waals surface area contributed by atoms with Crippen LogP contribution in [0.4, 0.5) is 24.5 Å². The first-order valence-corrected chi connectivity index (χ1v) is 13.1. The summed E-state index contributed by atoms with van der Waals surface area (Å²) in [6, 6.07) is 4.80. The number of hydrogen-bond donors (Lipinski definition) is 1. The van der Waals surface area contributed by atoms with E-state index in [0.717, 1.165) is 16.4 Å². The third kappa shape index (κ3) is 6.96. The molecule has 212 valence electrons. The number of alkyl halides is 3. The standard InChI is InChI=1S/C23H23ClF3N3O8S/c1-13-9-19(30(33)34)20(37-2)11-18(13)28-21(31)12-38-22(32)14-5-7-29(8-6-14)39(35,36)15-3-4-17(24)16(10-15)23(25,26)27/h3-4,9-11,14H,5-8,12H2,1-2H3,(H,28,31). The van der Waals surface area contributed by atoms with Gasteiger partial charge in [0.15, 0.2) is 12.4 Å². The van der Waals surface area contributed by atoms with Crippen LogP contribution < -0.4 is 10.1 Å². The minimum Gasteiger partial charge on any atom is -0.490 e. The zero-order valence-corrected chi connectivity index (χ0v) is 22.2. The van der Waals surface area contributed by atoms with Crippen LogP contribution in [0.1, 0.15) is 24.0 Å². The van der Waals surface area contributed by atoms with E-state index in [1.54, 1.807) is 0 Å². The molecule has 0 radical (unpaired) electrons. The van der Waals surface area contributed by atoms with Crippen LogP contribution in [0.5, 0.6) is 5.75 Å². The molecular formula is C23H23ClF3N3O8S. The third-order valence-electron chi connectivity index (χ3n) is 6.01. The normalized spacial score (nSPS) is 15.0. The van der Waals surface area contributed by atoms with Crippen LogP contribution in [0.3, 0.4) is 0 Å². The fraction of sp³-hybridized carbons (Fsp3) is 0.391. The van der Waals surface area contributed by atoms with Crippen LogP contribution >= 0.6 is 11.6 Å². The first-order chi connectivity index (χ1) is 18.1. The number of aryl methyl sites for hydroxylation is 1. The van der Waals surface area contributed by atoms with Crippen LogP contribution in [-0.2, 0) is 30.5 Å². The maximum atomic E-state index is 13.1. The molecule has 0 atom stereocenters. The smallest absolute Gasteiger partial charge is 0.417 e. The monoisotopic (exact) mass is 593 g/mol. The van der Waals surface area contributed by atoms with Gasteiger partial charge in [0.1, 0.15) is 0 Å². The Kier molecular flexibility index (Phi) is 9.08. The summed E-state index contributed by atoms with van der Waals surface area (Å²) in [5, 5.41) is 12.9. The number of halogens is 4. The zero-order chi connectivity index (χ0) is 29.1. The molecule has 0 spiro atoms. The molecule has 2 aromatic rings. The maximum Gasteiger partial charge on any atom is 0.417 e. The number of rotatable bonds is 8. The molecule has 0 saturated carbocycles. The number of anilines is 1. The molecular weight excluding hydrogens is 571 g/mol.